The van der Waals surface area contributed by atoms with Crippen molar-refractivity contribution in [2.24, 2.45) is 5.92 Å². The minimum Gasteiger partial charge on any atom is -0.381 e. The van der Waals surface area contributed by atoms with Crippen molar-refractivity contribution >= 4 is 5.69 Å². The Hall–Kier alpha value is -1.88. The van der Waals surface area contributed by atoms with Crippen molar-refractivity contribution in [1.82, 2.24) is 14.8 Å². The standard InChI is InChI=1S/C14H18N4O/c1-11(12-6-7-19-8-12)17-13-4-2-3-5-14(13)18-10-15-9-16-18/h2-5,9-12,17H,6-8H2,1H3. The van der Waals surface area contributed by atoms with E-state index in [0.29, 0.717) is 12.0 Å². The maximum atomic E-state index is 5.45. The molecule has 1 aliphatic rings. The minimum absolute atomic E-state index is 0.382. The number of rotatable bonds is 4. The molecule has 1 N–H and O–H groups in total. The van der Waals surface area contributed by atoms with Crippen LogP contribution in [0.15, 0.2) is 36.9 Å². The molecule has 1 fully saturated rings. The Labute approximate surface area is 112 Å². The molecule has 2 heterocycles. The number of nitrogens with one attached hydrogen (secondary N) is 1. The van der Waals surface area contributed by atoms with Gasteiger partial charge in [0.05, 0.1) is 18.0 Å². The average molecular weight is 258 g/mol. The van der Waals surface area contributed by atoms with Crippen LogP contribution in [0.25, 0.3) is 5.69 Å². The lowest BCUT2D eigenvalue weighted by atomic mass is 10.0. The van der Waals surface area contributed by atoms with Crippen LogP contribution < -0.4 is 5.32 Å². The van der Waals surface area contributed by atoms with E-state index in [1.807, 2.05) is 18.2 Å². The van der Waals surface area contributed by atoms with Crippen molar-refractivity contribution in [2.75, 3.05) is 18.5 Å². The molecule has 1 aromatic carbocycles. The average Bonchev–Trinajstić information content (AvgIpc) is 3.13. The summed E-state index contributed by atoms with van der Waals surface area (Å²) in [5.74, 6) is 0.573. The van der Waals surface area contributed by atoms with E-state index in [1.54, 1.807) is 17.3 Å². The first kappa shape index (κ1) is 12.2. The molecule has 0 saturated carbocycles. The molecule has 1 aromatic heterocycles. The molecule has 3 rings (SSSR count). The molecule has 1 saturated heterocycles. The number of aromatic nitrogens is 3. The van der Waals surface area contributed by atoms with E-state index < -0.39 is 0 Å². The van der Waals surface area contributed by atoms with Gasteiger partial charge >= 0.3 is 0 Å². The quantitative estimate of drug-likeness (QED) is 0.912. The predicted octanol–water partition coefficient (Wildman–Crippen LogP) is 2.10. The van der Waals surface area contributed by atoms with Gasteiger partial charge in [-0.25, -0.2) is 9.67 Å². The van der Waals surface area contributed by atoms with Crippen LogP contribution in [-0.4, -0.2) is 34.0 Å². The Kier molecular flexibility index (Phi) is 3.46. The monoisotopic (exact) mass is 258 g/mol. The summed E-state index contributed by atoms with van der Waals surface area (Å²) in [4.78, 5) is 4.00. The van der Waals surface area contributed by atoms with Crippen LogP contribution in [0.5, 0.6) is 0 Å². The van der Waals surface area contributed by atoms with Gasteiger partial charge in [-0.3, -0.25) is 0 Å². The zero-order valence-electron chi connectivity index (χ0n) is 11.0. The smallest absolute Gasteiger partial charge is 0.138 e. The fourth-order valence-corrected chi connectivity index (χ4v) is 2.44. The summed E-state index contributed by atoms with van der Waals surface area (Å²) in [6, 6.07) is 8.52. The Morgan fingerprint density at radius 1 is 1.42 bits per heavy atom. The van der Waals surface area contributed by atoms with Crippen molar-refractivity contribution in [3.63, 3.8) is 0 Å². The summed E-state index contributed by atoms with van der Waals surface area (Å²) in [5, 5.41) is 7.76. The Morgan fingerprint density at radius 3 is 3.05 bits per heavy atom. The van der Waals surface area contributed by atoms with Gasteiger partial charge in [0.1, 0.15) is 12.7 Å². The molecule has 2 unspecified atom stereocenters. The maximum Gasteiger partial charge on any atom is 0.138 e. The highest BCUT2D eigenvalue weighted by molar-refractivity contribution is 5.60. The molecule has 5 nitrogen and oxygen atoms in total. The Balaban J connectivity index is 1.80. The van der Waals surface area contributed by atoms with Gasteiger partial charge in [-0.05, 0) is 25.5 Å². The van der Waals surface area contributed by atoms with Crippen LogP contribution in [0.1, 0.15) is 13.3 Å². The summed E-state index contributed by atoms with van der Waals surface area (Å²) < 4.78 is 7.23. The third kappa shape index (κ3) is 2.61. The molecule has 2 aromatic rings. The van der Waals surface area contributed by atoms with Crippen molar-refractivity contribution in [3.05, 3.63) is 36.9 Å². The van der Waals surface area contributed by atoms with Crippen molar-refractivity contribution in [3.8, 4) is 5.69 Å². The van der Waals surface area contributed by atoms with Gasteiger partial charge in [0, 0.05) is 18.6 Å². The molecule has 5 heteroatoms. The van der Waals surface area contributed by atoms with Crippen molar-refractivity contribution in [1.29, 1.82) is 0 Å². The van der Waals surface area contributed by atoms with E-state index in [0.717, 1.165) is 31.0 Å². The van der Waals surface area contributed by atoms with E-state index in [-0.39, 0.29) is 0 Å². The normalized spacial score (nSPS) is 20.4. The zero-order chi connectivity index (χ0) is 13.1. The maximum absolute atomic E-state index is 5.45. The lowest BCUT2D eigenvalue weighted by molar-refractivity contribution is 0.183. The molecule has 0 bridgehead atoms. The first-order valence-corrected chi connectivity index (χ1v) is 6.63. The molecular weight excluding hydrogens is 240 g/mol. The molecular formula is C14H18N4O. The van der Waals surface area contributed by atoms with E-state index in [2.05, 4.69) is 28.4 Å². The predicted molar refractivity (Wildman–Crippen MR) is 73.4 cm³/mol. The van der Waals surface area contributed by atoms with Crippen molar-refractivity contribution < 1.29 is 4.74 Å². The van der Waals surface area contributed by atoms with Crippen molar-refractivity contribution in [2.45, 2.75) is 19.4 Å². The second kappa shape index (κ2) is 5.40. The van der Waals surface area contributed by atoms with Crippen LogP contribution in [0.2, 0.25) is 0 Å². The molecule has 2 atom stereocenters. The van der Waals surface area contributed by atoms with Crippen LogP contribution in [-0.2, 0) is 4.74 Å². The first-order chi connectivity index (χ1) is 9.34. The fraction of sp³-hybridized carbons (Fsp3) is 0.429. The number of nitrogens with zero attached hydrogens (tertiary/aromatic N) is 3. The molecule has 0 aliphatic carbocycles. The first-order valence-electron chi connectivity index (χ1n) is 6.63. The van der Waals surface area contributed by atoms with Gasteiger partial charge in [-0.2, -0.15) is 5.10 Å². The molecule has 0 spiro atoms. The summed E-state index contributed by atoms with van der Waals surface area (Å²) in [7, 11) is 0. The van der Waals surface area contributed by atoms with Crippen LogP contribution in [0.3, 0.4) is 0 Å². The van der Waals surface area contributed by atoms with Gasteiger partial charge < -0.3 is 10.1 Å². The van der Waals surface area contributed by atoms with Gasteiger partial charge in [0.15, 0.2) is 0 Å². The highest BCUT2D eigenvalue weighted by atomic mass is 16.5. The van der Waals surface area contributed by atoms with E-state index >= 15 is 0 Å². The third-order valence-corrected chi connectivity index (χ3v) is 3.62. The van der Waals surface area contributed by atoms with E-state index in [1.165, 1.54) is 0 Å². The number of hydrogen-bond acceptors (Lipinski definition) is 4. The van der Waals surface area contributed by atoms with Gasteiger partial charge in [0.2, 0.25) is 0 Å². The number of hydrogen-bond donors (Lipinski definition) is 1. The zero-order valence-corrected chi connectivity index (χ0v) is 11.0. The van der Waals surface area contributed by atoms with Crippen LogP contribution in [0.4, 0.5) is 5.69 Å². The summed E-state index contributed by atoms with van der Waals surface area (Å²) >= 11 is 0. The second-order valence-corrected chi connectivity index (χ2v) is 4.91. The molecule has 19 heavy (non-hydrogen) atoms. The SMILES string of the molecule is CC(Nc1ccccc1-n1cncn1)C1CCOC1. The van der Waals surface area contributed by atoms with Crippen LogP contribution >= 0.6 is 0 Å². The minimum atomic E-state index is 0.382. The van der Waals surface area contributed by atoms with Gasteiger partial charge in [-0.15, -0.1) is 0 Å². The number of benzene rings is 1. The molecule has 1 aliphatic heterocycles. The fourth-order valence-electron chi connectivity index (χ4n) is 2.44. The second-order valence-electron chi connectivity index (χ2n) is 4.91. The molecule has 0 radical (unpaired) electrons. The van der Waals surface area contributed by atoms with Gasteiger partial charge in [-0.1, -0.05) is 12.1 Å². The van der Waals surface area contributed by atoms with Gasteiger partial charge in [0.25, 0.3) is 0 Å². The largest absolute Gasteiger partial charge is 0.381 e. The van der Waals surface area contributed by atoms with E-state index in [4.69, 9.17) is 4.74 Å². The van der Waals surface area contributed by atoms with E-state index in [9.17, 15) is 0 Å². The summed E-state index contributed by atoms with van der Waals surface area (Å²) in [6.45, 7) is 3.93. The Bertz CT molecular complexity index is 520. The Morgan fingerprint density at radius 2 is 2.32 bits per heavy atom. The molecule has 100 valence electrons. The topological polar surface area (TPSA) is 52.0 Å². The summed E-state index contributed by atoms with van der Waals surface area (Å²) in [6.07, 6.45) is 4.38. The lowest BCUT2D eigenvalue weighted by Crippen LogP contribution is -2.26. The third-order valence-electron chi connectivity index (χ3n) is 3.62. The number of ether oxygens (including phenoxy) is 1. The lowest BCUT2D eigenvalue weighted by Gasteiger charge is -2.22. The highest BCUT2D eigenvalue weighted by Crippen LogP contribution is 2.24. The molecule has 0 amide bonds. The highest BCUT2D eigenvalue weighted by Gasteiger charge is 2.22. The number of para-hydroxylation sites is 2. The summed E-state index contributed by atoms with van der Waals surface area (Å²) in [5.41, 5.74) is 2.10. The van der Waals surface area contributed by atoms with Crippen LogP contribution in [0, 0.1) is 5.92 Å². The number of anilines is 1.